The molecule has 0 fully saturated rings. The van der Waals surface area contributed by atoms with Crippen LogP contribution in [-0.2, 0) is 4.74 Å². The lowest BCUT2D eigenvalue weighted by Gasteiger charge is -2.41. The number of ether oxygens (including phenoxy) is 2. The molecular weight excluding hydrogens is 262 g/mol. The van der Waals surface area contributed by atoms with Crippen LogP contribution in [0, 0.1) is 0 Å². The van der Waals surface area contributed by atoms with Crippen LogP contribution in [0.2, 0.25) is 5.02 Å². The van der Waals surface area contributed by atoms with Crippen molar-refractivity contribution in [1.82, 2.24) is 5.32 Å². The molecule has 1 heterocycles. The van der Waals surface area contributed by atoms with Gasteiger partial charge in [-0.3, -0.25) is 0 Å². The molecule has 19 heavy (non-hydrogen) atoms. The van der Waals surface area contributed by atoms with E-state index in [2.05, 4.69) is 19.2 Å². The summed E-state index contributed by atoms with van der Waals surface area (Å²) in [5.41, 5.74) is 0.900. The van der Waals surface area contributed by atoms with Crippen molar-refractivity contribution in [2.75, 3.05) is 20.3 Å². The smallest absolute Gasteiger partial charge is 0.134 e. The largest absolute Gasteiger partial charge is 0.484 e. The summed E-state index contributed by atoms with van der Waals surface area (Å²) in [4.78, 5) is 0. The summed E-state index contributed by atoms with van der Waals surface area (Å²) >= 11 is 6.10. The SMILES string of the molecule is CCNC1CC(CC)(COC)Oc2ccc(Cl)cc21. The van der Waals surface area contributed by atoms with Crippen LogP contribution >= 0.6 is 11.6 Å². The number of rotatable bonds is 5. The topological polar surface area (TPSA) is 30.5 Å². The number of hydrogen-bond acceptors (Lipinski definition) is 3. The molecule has 2 unspecified atom stereocenters. The zero-order chi connectivity index (χ0) is 13.9. The molecule has 0 aromatic heterocycles. The summed E-state index contributed by atoms with van der Waals surface area (Å²) in [6.07, 6.45) is 1.82. The minimum atomic E-state index is -0.248. The second-order valence-corrected chi connectivity index (χ2v) is 5.50. The first-order valence-electron chi connectivity index (χ1n) is 6.85. The zero-order valence-electron chi connectivity index (χ0n) is 11.8. The molecule has 0 bridgehead atoms. The van der Waals surface area contributed by atoms with Crippen LogP contribution in [-0.4, -0.2) is 25.9 Å². The Morgan fingerprint density at radius 3 is 2.89 bits per heavy atom. The Hall–Kier alpha value is -0.770. The molecule has 1 aliphatic rings. The summed E-state index contributed by atoms with van der Waals surface area (Å²) in [7, 11) is 1.72. The maximum Gasteiger partial charge on any atom is 0.134 e. The molecule has 0 amide bonds. The van der Waals surface area contributed by atoms with Crippen LogP contribution in [0.5, 0.6) is 5.75 Å². The summed E-state index contributed by atoms with van der Waals surface area (Å²) in [6, 6.07) is 6.10. The summed E-state index contributed by atoms with van der Waals surface area (Å²) in [6.45, 7) is 5.78. The van der Waals surface area contributed by atoms with Crippen LogP contribution in [0.25, 0.3) is 0 Å². The minimum Gasteiger partial charge on any atom is -0.484 e. The fraction of sp³-hybridized carbons (Fsp3) is 0.600. The molecule has 3 nitrogen and oxygen atoms in total. The number of halogens is 1. The molecule has 1 aromatic rings. The zero-order valence-corrected chi connectivity index (χ0v) is 12.6. The van der Waals surface area contributed by atoms with Gasteiger partial charge in [-0.25, -0.2) is 0 Å². The minimum absolute atomic E-state index is 0.248. The van der Waals surface area contributed by atoms with Crippen LogP contribution in [0.15, 0.2) is 18.2 Å². The Morgan fingerprint density at radius 2 is 2.26 bits per heavy atom. The molecule has 4 heteroatoms. The number of methoxy groups -OCH3 is 1. The first-order chi connectivity index (χ1) is 9.14. The van der Waals surface area contributed by atoms with Gasteiger partial charge in [0.05, 0.1) is 6.61 Å². The number of fused-ring (bicyclic) bond motifs is 1. The molecule has 0 saturated carbocycles. The van der Waals surface area contributed by atoms with Crippen LogP contribution < -0.4 is 10.1 Å². The van der Waals surface area contributed by atoms with Gasteiger partial charge in [0.1, 0.15) is 11.4 Å². The summed E-state index contributed by atoms with van der Waals surface area (Å²) in [5, 5.41) is 4.27. The first kappa shape index (κ1) is 14.6. The van der Waals surface area contributed by atoms with Gasteiger partial charge in [-0.2, -0.15) is 0 Å². The van der Waals surface area contributed by atoms with E-state index >= 15 is 0 Å². The Bertz CT molecular complexity index is 438. The maximum atomic E-state index is 6.22. The fourth-order valence-electron chi connectivity index (χ4n) is 2.74. The van der Waals surface area contributed by atoms with E-state index < -0.39 is 0 Å². The third-order valence-electron chi connectivity index (χ3n) is 3.75. The number of nitrogens with one attached hydrogen (secondary N) is 1. The van der Waals surface area contributed by atoms with Gasteiger partial charge in [-0.05, 0) is 31.2 Å². The Kier molecular flexibility index (Phi) is 4.71. The predicted octanol–water partition coefficient (Wildman–Crippen LogP) is 3.57. The van der Waals surface area contributed by atoms with Gasteiger partial charge in [0.25, 0.3) is 0 Å². The molecule has 0 saturated heterocycles. The van der Waals surface area contributed by atoms with E-state index in [9.17, 15) is 0 Å². The highest BCUT2D eigenvalue weighted by molar-refractivity contribution is 6.30. The van der Waals surface area contributed by atoms with E-state index in [1.807, 2.05) is 18.2 Å². The van der Waals surface area contributed by atoms with Crippen molar-refractivity contribution < 1.29 is 9.47 Å². The highest BCUT2D eigenvalue weighted by Gasteiger charge is 2.39. The van der Waals surface area contributed by atoms with E-state index in [1.54, 1.807) is 7.11 Å². The van der Waals surface area contributed by atoms with Gasteiger partial charge in [0.15, 0.2) is 0 Å². The molecule has 1 aromatic carbocycles. The van der Waals surface area contributed by atoms with E-state index in [0.717, 1.165) is 35.7 Å². The Balaban J connectivity index is 2.37. The lowest BCUT2D eigenvalue weighted by atomic mass is 9.85. The van der Waals surface area contributed by atoms with Crippen LogP contribution in [0.4, 0.5) is 0 Å². The standard InChI is InChI=1S/C15H22ClNO2/c1-4-15(10-18-3)9-13(17-5-2)12-8-11(16)6-7-14(12)19-15/h6-8,13,17H,4-5,9-10H2,1-3H3. The van der Waals surface area contributed by atoms with Gasteiger partial charge in [-0.1, -0.05) is 25.4 Å². The molecule has 1 N–H and O–H groups in total. The van der Waals surface area contributed by atoms with Crippen LogP contribution in [0.1, 0.15) is 38.3 Å². The number of benzene rings is 1. The average molecular weight is 284 g/mol. The second kappa shape index (κ2) is 6.12. The van der Waals surface area contributed by atoms with Crippen molar-refractivity contribution in [2.24, 2.45) is 0 Å². The molecule has 2 rings (SSSR count). The van der Waals surface area contributed by atoms with Crippen molar-refractivity contribution >= 4 is 11.6 Å². The lowest BCUT2D eigenvalue weighted by molar-refractivity contribution is -0.0369. The van der Waals surface area contributed by atoms with Crippen molar-refractivity contribution in [3.8, 4) is 5.75 Å². The monoisotopic (exact) mass is 283 g/mol. The summed E-state index contributed by atoms with van der Waals surface area (Å²) < 4.78 is 11.6. The molecular formula is C15H22ClNO2. The van der Waals surface area contributed by atoms with Gasteiger partial charge in [0.2, 0.25) is 0 Å². The molecule has 0 radical (unpaired) electrons. The second-order valence-electron chi connectivity index (χ2n) is 5.07. The predicted molar refractivity (Wildman–Crippen MR) is 78.0 cm³/mol. The third kappa shape index (κ3) is 3.04. The van der Waals surface area contributed by atoms with Gasteiger partial charge in [0, 0.05) is 30.2 Å². The molecule has 0 spiro atoms. The highest BCUT2D eigenvalue weighted by atomic mass is 35.5. The Labute approximate surface area is 120 Å². The maximum absolute atomic E-state index is 6.22. The van der Waals surface area contributed by atoms with Crippen LogP contribution in [0.3, 0.4) is 0 Å². The van der Waals surface area contributed by atoms with Gasteiger partial charge >= 0.3 is 0 Å². The van der Waals surface area contributed by atoms with Crippen molar-refractivity contribution in [1.29, 1.82) is 0 Å². The molecule has 0 aliphatic carbocycles. The average Bonchev–Trinajstić information content (AvgIpc) is 2.40. The van der Waals surface area contributed by atoms with E-state index in [4.69, 9.17) is 21.1 Å². The molecule has 106 valence electrons. The molecule has 2 atom stereocenters. The highest BCUT2D eigenvalue weighted by Crippen LogP contribution is 2.42. The normalized spacial score (nSPS) is 25.8. The van der Waals surface area contributed by atoms with Crippen molar-refractivity contribution in [3.63, 3.8) is 0 Å². The lowest BCUT2D eigenvalue weighted by Crippen LogP contribution is -2.47. The van der Waals surface area contributed by atoms with Gasteiger partial charge in [-0.15, -0.1) is 0 Å². The first-order valence-corrected chi connectivity index (χ1v) is 7.22. The van der Waals surface area contributed by atoms with Crippen molar-refractivity contribution in [2.45, 2.75) is 38.3 Å². The van der Waals surface area contributed by atoms with E-state index in [-0.39, 0.29) is 11.6 Å². The van der Waals surface area contributed by atoms with Crippen molar-refractivity contribution in [3.05, 3.63) is 28.8 Å². The van der Waals surface area contributed by atoms with Gasteiger partial charge < -0.3 is 14.8 Å². The third-order valence-corrected chi connectivity index (χ3v) is 3.99. The fourth-order valence-corrected chi connectivity index (χ4v) is 2.92. The Morgan fingerprint density at radius 1 is 1.47 bits per heavy atom. The molecule has 1 aliphatic heterocycles. The summed E-state index contributed by atoms with van der Waals surface area (Å²) in [5.74, 6) is 0.917. The van der Waals surface area contributed by atoms with E-state index in [1.165, 1.54) is 0 Å². The number of hydrogen-bond donors (Lipinski definition) is 1. The quantitative estimate of drug-likeness (QED) is 0.896. The van der Waals surface area contributed by atoms with E-state index in [0.29, 0.717) is 6.61 Å².